The molecule has 3 aromatic heterocycles. The number of imidazole rings is 1. The molecule has 4 heterocycles. The van der Waals surface area contributed by atoms with Crippen molar-refractivity contribution in [2.75, 3.05) is 6.54 Å². The Labute approximate surface area is 149 Å². The summed E-state index contributed by atoms with van der Waals surface area (Å²) in [4.78, 5) is 23.6. The van der Waals surface area contributed by atoms with Gasteiger partial charge in [-0.2, -0.15) is 0 Å². The molecule has 0 saturated heterocycles. The van der Waals surface area contributed by atoms with Gasteiger partial charge in [-0.3, -0.25) is 9.69 Å². The van der Waals surface area contributed by atoms with Crippen LogP contribution < -0.4 is 5.32 Å². The molecule has 7 nitrogen and oxygen atoms in total. The highest BCUT2D eigenvalue weighted by Gasteiger charge is 2.19. The second-order valence-corrected chi connectivity index (χ2v) is 7.14. The van der Waals surface area contributed by atoms with E-state index in [0.717, 1.165) is 42.7 Å². The van der Waals surface area contributed by atoms with Gasteiger partial charge in [-0.25, -0.2) is 9.97 Å². The highest BCUT2D eigenvalue weighted by atomic mass is 32.1. The van der Waals surface area contributed by atoms with Crippen molar-refractivity contribution in [1.29, 1.82) is 0 Å². The Kier molecular flexibility index (Phi) is 4.37. The molecule has 0 unspecified atom stereocenters. The number of thiazole rings is 1. The average Bonchev–Trinajstić information content (AvgIpc) is 3.33. The van der Waals surface area contributed by atoms with Crippen molar-refractivity contribution < 1.29 is 4.79 Å². The topological polar surface area (TPSA) is 68.0 Å². The number of fused-ring (bicyclic) bond motifs is 1. The summed E-state index contributed by atoms with van der Waals surface area (Å²) in [5.41, 5.74) is 1.55. The Bertz CT molecular complexity index is 866. The molecule has 130 valence electrons. The fourth-order valence-electron chi connectivity index (χ4n) is 3.06. The van der Waals surface area contributed by atoms with Gasteiger partial charge >= 0.3 is 0 Å². The molecule has 3 aromatic rings. The van der Waals surface area contributed by atoms with Gasteiger partial charge in [-0.05, 0) is 12.1 Å². The minimum absolute atomic E-state index is 0.0798. The maximum atomic E-state index is 12.2. The SMILES string of the molecule is Cn1cccc1C(=O)NCc1cn2c(n1)CN(Cc1nccs1)CC2. The van der Waals surface area contributed by atoms with Crippen LogP contribution in [0.5, 0.6) is 0 Å². The van der Waals surface area contributed by atoms with Crippen molar-refractivity contribution in [2.24, 2.45) is 7.05 Å². The lowest BCUT2D eigenvalue weighted by atomic mass is 10.3. The Balaban J connectivity index is 1.37. The minimum atomic E-state index is -0.0798. The first-order chi connectivity index (χ1) is 12.2. The number of hydrogen-bond donors (Lipinski definition) is 1. The Morgan fingerprint density at radius 2 is 2.32 bits per heavy atom. The molecule has 1 aliphatic rings. The van der Waals surface area contributed by atoms with Gasteiger partial charge in [0.25, 0.3) is 5.91 Å². The summed E-state index contributed by atoms with van der Waals surface area (Å²) in [6.45, 7) is 4.02. The van der Waals surface area contributed by atoms with Gasteiger partial charge in [-0.15, -0.1) is 11.3 Å². The van der Waals surface area contributed by atoms with Crippen molar-refractivity contribution in [3.05, 3.63) is 58.3 Å². The van der Waals surface area contributed by atoms with Gasteiger partial charge in [0.2, 0.25) is 0 Å². The average molecular weight is 356 g/mol. The number of carbonyl (C=O) groups excluding carboxylic acids is 1. The van der Waals surface area contributed by atoms with Gasteiger partial charge in [0, 0.05) is 44.1 Å². The van der Waals surface area contributed by atoms with Crippen molar-refractivity contribution in [1.82, 2.24) is 29.3 Å². The molecular formula is C17H20N6OS. The third-order valence-electron chi connectivity index (χ3n) is 4.38. The largest absolute Gasteiger partial charge is 0.347 e. The molecule has 1 N–H and O–H groups in total. The van der Waals surface area contributed by atoms with E-state index in [-0.39, 0.29) is 5.91 Å². The zero-order valence-corrected chi connectivity index (χ0v) is 14.9. The lowest BCUT2D eigenvalue weighted by Crippen LogP contribution is -2.33. The summed E-state index contributed by atoms with van der Waals surface area (Å²) in [5, 5.41) is 6.08. The maximum absolute atomic E-state index is 12.2. The summed E-state index contributed by atoms with van der Waals surface area (Å²) >= 11 is 1.68. The number of hydrogen-bond acceptors (Lipinski definition) is 5. The predicted octanol–water partition coefficient (Wildman–Crippen LogP) is 1.62. The van der Waals surface area contributed by atoms with Crippen LogP contribution in [0.3, 0.4) is 0 Å². The summed E-state index contributed by atoms with van der Waals surface area (Å²) < 4.78 is 3.99. The van der Waals surface area contributed by atoms with E-state index >= 15 is 0 Å². The van der Waals surface area contributed by atoms with Crippen LogP contribution in [0.1, 0.15) is 27.0 Å². The fraction of sp³-hybridized carbons (Fsp3) is 0.353. The summed E-state index contributed by atoms with van der Waals surface area (Å²) in [6, 6.07) is 3.67. The molecule has 1 aliphatic heterocycles. The second-order valence-electron chi connectivity index (χ2n) is 6.17. The van der Waals surface area contributed by atoms with Gasteiger partial charge in [-0.1, -0.05) is 0 Å². The molecule has 0 spiro atoms. The molecule has 0 bridgehead atoms. The Morgan fingerprint density at radius 1 is 1.40 bits per heavy atom. The highest BCUT2D eigenvalue weighted by Crippen LogP contribution is 2.16. The molecule has 25 heavy (non-hydrogen) atoms. The third kappa shape index (κ3) is 3.49. The first-order valence-corrected chi connectivity index (χ1v) is 9.12. The summed E-state index contributed by atoms with van der Waals surface area (Å²) in [7, 11) is 1.86. The summed E-state index contributed by atoms with van der Waals surface area (Å²) in [5.74, 6) is 0.967. The molecule has 0 aliphatic carbocycles. The van der Waals surface area contributed by atoms with Crippen molar-refractivity contribution >= 4 is 17.2 Å². The van der Waals surface area contributed by atoms with Gasteiger partial charge in [0.1, 0.15) is 16.5 Å². The van der Waals surface area contributed by atoms with Gasteiger partial charge in [0.15, 0.2) is 0 Å². The molecule has 0 fully saturated rings. The third-order valence-corrected chi connectivity index (χ3v) is 5.14. The minimum Gasteiger partial charge on any atom is -0.347 e. The summed E-state index contributed by atoms with van der Waals surface area (Å²) in [6.07, 6.45) is 5.75. The van der Waals surface area contributed by atoms with Crippen LogP contribution in [0, 0.1) is 0 Å². The van der Waals surface area contributed by atoms with E-state index < -0.39 is 0 Å². The monoisotopic (exact) mass is 356 g/mol. The number of carbonyl (C=O) groups is 1. The Morgan fingerprint density at radius 3 is 3.08 bits per heavy atom. The first kappa shape index (κ1) is 16.0. The van der Waals surface area contributed by atoms with Crippen molar-refractivity contribution in [3.63, 3.8) is 0 Å². The normalized spacial score (nSPS) is 14.4. The van der Waals surface area contributed by atoms with Crippen LogP contribution >= 0.6 is 11.3 Å². The zero-order chi connectivity index (χ0) is 17.2. The number of rotatable bonds is 5. The van der Waals surface area contributed by atoms with E-state index in [4.69, 9.17) is 0 Å². The quantitative estimate of drug-likeness (QED) is 0.754. The number of amides is 1. The van der Waals surface area contributed by atoms with E-state index in [0.29, 0.717) is 12.2 Å². The smallest absolute Gasteiger partial charge is 0.268 e. The predicted molar refractivity (Wildman–Crippen MR) is 95.0 cm³/mol. The number of nitrogens with zero attached hydrogens (tertiary/aromatic N) is 5. The highest BCUT2D eigenvalue weighted by molar-refractivity contribution is 7.09. The lowest BCUT2D eigenvalue weighted by Gasteiger charge is -2.26. The van der Waals surface area contributed by atoms with Crippen molar-refractivity contribution in [2.45, 2.75) is 26.2 Å². The van der Waals surface area contributed by atoms with Crippen molar-refractivity contribution in [3.8, 4) is 0 Å². The molecular weight excluding hydrogens is 336 g/mol. The van der Waals surface area contributed by atoms with E-state index in [1.54, 1.807) is 11.3 Å². The number of aryl methyl sites for hydroxylation is 1. The lowest BCUT2D eigenvalue weighted by molar-refractivity contribution is 0.0942. The van der Waals surface area contributed by atoms with E-state index in [2.05, 4.69) is 24.8 Å². The molecule has 1 amide bonds. The molecule has 0 saturated carbocycles. The first-order valence-electron chi connectivity index (χ1n) is 8.24. The van der Waals surface area contributed by atoms with Crippen LogP contribution in [-0.4, -0.2) is 36.5 Å². The molecule has 0 radical (unpaired) electrons. The molecule has 8 heteroatoms. The number of nitrogens with one attached hydrogen (secondary N) is 1. The molecule has 0 aromatic carbocycles. The van der Waals surface area contributed by atoms with Gasteiger partial charge in [0.05, 0.1) is 25.3 Å². The zero-order valence-electron chi connectivity index (χ0n) is 14.1. The second kappa shape index (κ2) is 6.81. The molecule has 0 atom stereocenters. The maximum Gasteiger partial charge on any atom is 0.268 e. The van der Waals surface area contributed by atoms with Crippen LogP contribution in [0.2, 0.25) is 0 Å². The van der Waals surface area contributed by atoms with Crippen LogP contribution in [0.25, 0.3) is 0 Å². The van der Waals surface area contributed by atoms with Crippen LogP contribution in [0.4, 0.5) is 0 Å². The number of aromatic nitrogens is 4. The van der Waals surface area contributed by atoms with Gasteiger partial charge < -0.3 is 14.5 Å². The standard InChI is InChI=1S/C17H20N6OS/c1-21-5-2-3-14(21)17(24)19-9-13-10-23-7-6-22(11-15(23)20-13)12-16-18-4-8-25-16/h2-5,8,10H,6-7,9,11-12H2,1H3,(H,19,24). The van der Waals surface area contributed by atoms with Crippen LogP contribution in [0.15, 0.2) is 36.1 Å². The van der Waals surface area contributed by atoms with Crippen LogP contribution in [-0.2, 0) is 33.2 Å². The van der Waals surface area contributed by atoms with E-state index in [1.807, 2.05) is 47.7 Å². The fourth-order valence-corrected chi connectivity index (χ4v) is 3.72. The Hall–Kier alpha value is -2.45. The van der Waals surface area contributed by atoms with E-state index in [1.165, 1.54) is 0 Å². The molecule has 4 rings (SSSR count). The van der Waals surface area contributed by atoms with E-state index in [9.17, 15) is 4.79 Å².